The highest BCUT2D eigenvalue weighted by Crippen LogP contribution is 2.19. The van der Waals surface area contributed by atoms with Crippen LogP contribution in [-0.2, 0) is 11.3 Å². The van der Waals surface area contributed by atoms with Gasteiger partial charge in [0.1, 0.15) is 18.2 Å². The number of hydrogen-bond acceptors (Lipinski definition) is 5. The predicted molar refractivity (Wildman–Crippen MR) is 94.0 cm³/mol. The van der Waals surface area contributed by atoms with Gasteiger partial charge in [-0.05, 0) is 47.2 Å². The molecule has 5 nitrogen and oxygen atoms in total. The highest BCUT2D eigenvalue weighted by molar-refractivity contribution is 14.1. The summed E-state index contributed by atoms with van der Waals surface area (Å²) >= 11 is 2.29. The molecule has 0 saturated carbocycles. The Morgan fingerprint density at radius 1 is 1.19 bits per heavy atom. The molecule has 0 aliphatic carbocycles. The Kier molecular flexibility index (Phi) is 6.19. The van der Waals surface area contributed by atoms with Gasteiger partial charge in [-0.1, -0.05) is 13.0 Å². The lowest BCUT2D eigenvalue weighted by molar-refractivity contribution is 0.178. The summed E-state index contributed by atoms with van der Waals surface area (Å²) in [7, 11) is 1.64. The van der Waals surface area contributed by atoms with Crippen molar-refractivity contribution in [1.82, 2.24) is 9.97 Å². The third-order valence-corrected chi connectivity index (χ3v) is 3.37. The molecule has 0 spiro atoms. The molecule has 0 aliphatic rings. The average molecular weight is 398 g/mol. The minimum absolute atomic E-state index is 0.392. The fraction of sp³-hybridized carbons (Fsp3) is 0.333. The summed E-state index contributed by atoms with van der Waals surface area (Å²) in [5.74, 6) is 2.23. The molecule has 2 rings (SSSR count). The molecule has 0 aliphatic heterocycles. The number of anilines is 3. The van der Waals surface area contributed by atoms with E-state index in [1.165, 1.54) is 3.57 Å². The molecule has 0 fully saturated rings. The Bertz CT molecular complexity index is 592. The molecule has 1 aromatic heterocycles. The molecule has 21 heavy (non-hydrogen) atoms. The summed E-state index contributed by atoms with van der Waals surface area (Å²) in [5.41, 5.74) is 1.01. The van der Waals surface area contributed by atoms with Crippen LogP contribution in [0, 0.1) is 3.57 Å². The molecule has 0 amide bonds. The van der Waals surface area contributed by atoms with Gasteiger partial charge in [0.15, 0.2) is 5.82 Å². The number of nitrogens with one attached hydrogen (secondary N) is 2. The van der Waals surface area contributed by atoms with Crippen molar-refractivity contribution in [2.45, 2.75) is 20.0 Å². The van der Waals surface area contributed by atoms with Crippen LogP contribution >= 0.6 is 22.6 Å². The Hall–Kier alpha value is -1.41. The van der Waals surface area contributed by atoms with Gasteiger partial charge in [0, 0.05) is 29.0 Å². The molecule has 0 unspecified atom stereocenters. The summed E-state index contributed by atoms with van der Waals surface area (Å²) in [5, 5.41) is 6.59. The second kappa shape index (κ2) is 8.14. The van der Waals surface area contributed by atoms with Crippen molar-refractivity contribution >= 4 is 39.9 Å². The first-order valence-electron chi connectivity index (χ1n) is 6.84. The van der Waals surface area contributed by atoms with E-state index in [4.69, 9.17) is 4.74 Å². The number of benzene rings is 1. The van der Waals surface area contributed by atoms with Gasteiger partial charge >= 0.3 is 0 Å². The third-order valence-electron chi connectivity index (χ3n) is 2.70. The summed E-state index contributed by atoms with van der Waals surface area (Å²) in [6, 6.07) is 10.1. The highest BCUT2D eigenvalue weighted by Gasteiger charge is 2.05. The van der Waals surface area contributed by atoms with Crippen LogP contribution in [0.4, 0.5) is 17.3 Å². The van der Waals surface area contributed by atoms with E-state index in [0.717, 1.165) is 30.3 Å². The van der Waals surface area contributed by atoms with E-state index in [0.29, 0.717) is 12.4 Å². The van der Waals surface area contributed by atoms with Crippen LogP contribution in [0.5, 0.6) is 0 Å². The van der Waals surface area contributed by atoms with Crippen LogP contribution in [0.25, 0.3) is 0 Å². The lowest BCUT2D eigenvalue weighted by Crippen LogP contribution is -2.07. The summed E-state index contributed by atoms with van der Waals surface area (Å²) in [6.45, 7) is 3.39. The van der Waals surface area contributed by atoms with Crippen molar-refractivity contribution < 1.29 is 4.74 Å². The van der Waals surface area contributed by atoms with E-state index in [2.05, 4.69) is 62.2 Å². The molecule has 6 heteroatoms. The van der Waals surface area contributed by atoms with E-state index in [-0.39, 0.29) is 0 Å². The molecule has 2 N–H and O–H groups in total. The van der Waals surface area contributed by atoms with Crippen molar-refractivity contribution in [2.24, 2.45) is 0 Å². The second-order valence-electron chi connectivity index (χ2n) is 4.55. The lowest BCUT2D eigenvalue weighted by Gasteiger charge is -2.11. The molecular formula is C15H19IN4O. The molecule has 112 valence electrons. The topological polar surface area (TPSA) is 59.1 Å². The number of halogens is 1. The zero-order valence-corrected chi connectivity index (χ0v) is 14.3. The number of hydrogen-bond donors (Lipinski definition) is 2. The monoisotopic (exact) mass is 398 g/mol. The quantitative estimate of drug-likeness (QED) is 0.695. The first-order valence-corrected chi connectivity index (χ1v) is 7.92. The number of ether oxygens (including phenoxy) is 1. The zero-order valence-electron chi connectivity index (χ0n) is 12.2. The maximum absolute atomic E-state index is 5.13. The van der Waals surface area contributed by atoms with E-state index >= 15 is 0 Å². The fourth-order valence-corrected chi connectivity index (χ4v) is 2.36. The summed E-state index contributed by atoms with van der Waals surface area (Å²) < 4.78 is 6.30. The molecule has 0 bridgehead atoms. The molecule has 0 atom stereocenters. The summed E-state index contributed by atoms with van der Waals surface area (Å²) in [4.78, 5) is 8.90. The zero-order chi connectivity index (χ0) is 15.1. The first kappa shape index (κ1) is 16.0. The van der Waals surface area contributed by atoms with Crippen molar-refractivity contribution in [3.63, 3.8) is 0 Å². The van der Waals surface area contributed by atoms with Gasteiger partial charge in [-0.15, -0.1) is 0 Å². The molecular weight excluding hydrogens is 379 g/mol. The second-order valence-corrected chi connectivity index (χ2v) is 5.80. The van der Waals surface area contributed by atoms with Crippen LogP contribution in [0.1, 0.15) is 19.2 Å². The van der Waals surface area contributed by atoms with Gasteiger partial charge in [0.2, 0.25) is 0 Å². The van der Waals surface area contributed by atoms with Crippen LogP contribution in [-0.4, -0.2) is 23.6 Å². The SMILES string of the molecule is CCCNc1cc(Nc2cccc(I)c2)nc(COC)n1. The predicted octanol–water partition coefficient (Wildman–Crippen LogP) is 3.79. The van der Waals surface area contributed by atoms with Crippen LogP contribution in [0.2, 0.25) is 0 Å². The normalized spacial score (nSPS) is 10.4. The average Bonchev–Trinajstić information content (AvgIpc) is 2.45. The van der Waals surface area contributed by atoms with Crippen molar-refractivity contribution in [3.05, 3.63) is 39.7 Å². The number of rotatable bonds is 7. The van der Waals surface area contributed by atoms with Gasteiger partial charge in [-0.25, -0.2) is 9.97 Å². The Labute approximate surface area is 138 Å². The molecule has 1 aromatic carbocycles. The largest absolute Gasteiger partial charge is 0.377 e. The smallest absolute Gasteiger partial charge is 0.158 e. The van der Waals surface area contributed by atoms with E-state index < -0.39 is 0 Å². The van der Waals surface area contributed by atoms with Crippen molar-refractivity contribution in [3.8, 4) is 0 Å². The van der Waals surface area contributed by atoms with Gasteiger partial charge in [0.05, 0.1) is 0 Å². The Morgan fingerprint density at radius 2 is 2.00 bits per heavy atom. The van der Waals surface area contributed by atoms with E-state index in [9.17, 15) is 0 Å². The summed E-state index contributed by atoms with van der Waals surface area (Å²) in [6.07, 6.45) is 1.04. The van der Waals surface area contributed by atoms with Gasteiger partial charge in [-0.2, -0.15) is 0 Å². The minimum Gasteiger partial charge on any atom is -0.377 e. The molecule has 2 aromatic rings. The molecule has 0 saturated heterocycles. The van der Waals surface area contributed by atoms with Crippen LogP contribution in [0.3, 0.4) is 0 Å². The molecule has 1 heterocycles. The fourth-order valence-electron chi connectivity index (χ4n) is 1.81. The van der Waals surface area contributed by atoms with Gasteiger partial charge in [0.25, 0.3) is 0 Å². The van der Waals surface area contributed by atoms with Crippen LogP contribution in [0.15, 0.2) is 30.3 Å². The minimum atomic E-state index is 0.392. The lowest BCUT2D eigenvalue weighted by atomic mass is 10.3. The van der Waals surface area contributed by atoms with Crippen LogP contribution < -0.4 is 10.6 Å². The first-order chi connectivity index (χ1) is 10.2. The highest BCUT2D eigenvalue weighted by atomic mass is 127. The third kappa shape index (κ3) is 5.13. The Morgan fingerprint density at radius 3 is 2.71 bits per heavy atom. The number of methoxy groups -OCH3 is 1. The number of aromatic nitrogens is 2. The maximum Gasteiger partial charge on any atom is 0.158 e. The maximum atomic E-state index is 5.13. The van der Waals surface area contributed by atoms with Crippen molar-refractivity contribution in [1.29, 1.82) is 0 Å². The van der Waals surface area contributed by atoms with Gasteiger partial charge < -0.3 is 15.4 Å². The standard InChI is InChI=1S/C15H19IN4O/c1-3-7-17-13-9-14(20-15(19-13)10-21-2)18-12-6-4-5-11(16)8-12/h4-6,8-9H,3,7,10H2,1-2H3,(H2,17,18,19,20). The van der Waals surface area contributed by atoms with Crippen molar-refractivity contribution in [2.75, 3.05) is 24.3 Å². The Balaban J connectivity index is 2.22. The number of nitrogens with zero attached hydrogens (tertiary/aromatic N) is 2. The van der Waals surface area contributed by atoms with E-state index in [1.54, 1.807) is 7.11 Å². The van der Waals surface area contributed by atoms with Gasteiger partial charge in [-0.3, -0.25) is 0 Å². The van der Waals surface area contributed by atoms with E-state index in [1.807, 2.05) is 18.2 Å². The molecule has 0 radical (unpaired) electrons.